The molecular weight excluding hydrogens is 168 g/mol. The summed E-state index contributed by atoms with van der Waals surface area (Å²) in [5.74, 6) is 0. The van der Waals surface area contributed by atoms with E-state index in [9.17, 15) is 0 Å². The summed E-state index contributed by atoms with van der Waals surface area (Å²) in [5.41, 5.74) is 0. The molecule has 0 aromatic carbocycles. The second-order valence-electron chi connectivity index (χ2n) is 0. The summed E-state index contributed by atoms with van der Waals surface area (Å²) in [6.07, 6.45) is 0. The molecule has 0 fully saturated rings. The van der Waals surface area contributed by atoms with Crippen LogP contribution in [0.2, 0.25) is 0 Å². The Morgan fingerprint density at radius 2 is 0.800 bits per heavy atom. The van der Waals surface area contributed by atoms with Crippen LogP contribution in [-0.4, -0.2) is 24.4 Å². The number of hydrogen-bond donors (Lipinski definition) is 2. The Balaban J connectivity index is -0.0000000133. The van der Waals surface area contributed by atoms with Crippen molar-refractivity contribution in [1.29, 1.82) is 0 Å². The van der Waals surface area contributed by atoms with Crippen LogP contribution in [0.3, 0.4) is 0 Å². The third-order valence-corrected chi connectivity index (χ3v) is 0. The van der Waals surface area contributed by atoms with Gasteiger partial charge in [0.1, 0.15) is 0 Å². The van der Waals surface area contributed by atoms with Crippen LogP contribution in [-0.2, 0) is 27.3 Å². The van der Waals surface area contributed by atoms with Gasteiger partial charge in [0.15, 0.2) is 0 Å². The molecule has 0 radical (unpaired) electrons. The molecule has 3 heteroatoms. The van der Waals surface area contributed by atoms with Gasteiger partial charge < -0.3 is 10.2 Å². The van der Waals surface area contributed by atoms with Crippen molar-refractivity contribution in [2.75, 3.05) is 14.2 Å². The van der Waals surface area contributed by atoms with Crippen LogP contribution < -0.4 is 0 Å². The fraction of sp³-hybridized carbons (Fsp3) is 1.00. The molecule has 2 nitrogen and oxygen atoms in total. The first kappa shape index (κ1) is 17.0. The molecule has 0 aromatic rings. The summed E-state index contributed by atoms with van der Waals surface area (Å²) in [6, 6.07) is 0. The first-order chi connectivity index (χ1) is 2.00. The minimum absolute atomic E-state index is 0. The van der Waals surface area contributed by atoms with Crippen molar-refractivity contribution < 1.29 is 37.5 Å². The first-order valence-corrected chi connectivity index (χ1v) is 0.894. The largest absolute Gasteiger partial charge is 0.400 e. The maximum absolute atomic E-state index is 7.00. The Morgan fingerprint density at radius 1 is 0.800 bits per heavy atom. The van der Waals surface area contributed by atoms with Gasteiger partial charge in [0, 0.05) is 41.5 Å². The van der Waals surface area contributed by atoms with Crippen molar-refractivity contribution in [1.82, 2.24) is 0 Å². The average molecular weight is 176 g/mol. The number of aliphatic hydroxyl groups is 2. The number of aliphatic hydroxyl groups excluding tert-OH is 2. The predicted octanol–water partition coefficient (Wildman–Crippen LogP) is -0.786. The molecule has 0 spiro atoms. The van der Waals surface area contributed by atoms with Crippen LogP contribution in [0, 0.1) is 0 Å². The van der Waals surface area contributed by atoms with E-state index in [4.69, 9.17) is 10.2 Å². The average Bonchev–Trinajstić information content (AvgIpc) is 1.50. The molecule has 0 heterocycles. The SMILES string of the molecule is CO.CO.[Cd]. The van der Waals surface area contributed by atoms with Crippen LogP contribution in [0.5, 0.6) is 0 Å². The third-order valence-electron chi connectivity index (χ3n) is 0. The van der Waals surface area contributed by atoms with Gasteiger partial charge in [-0.15, -0.1) is 0 Å². The van der Waals surface area contributed by atoms with Crippen LogP contribution in [0.1, 0.15) is 0 Å². The summed E-state index contributed by atoms with van der Waals surface area (Å²) in [5, 5.41) is 14.0. The van der Waals surface area contributed by atoms with E-state index in [0.717, 1.165) is 14.2 Å². The molecule has 0 amide bonds. The second-order valence-corrected chi connectivity index (χ2v) is 0. The van der Waals surface area contributed by atoms with Gasteiger partial charge in [-0.1, -0.05) is 0 Å². The standard InChI is InChI=1S/2CH4O.Cd/c2*1-2;/h2*2H,1H3;. The van der Waals surface area contributed by atoms with Crippen molar-refractivity contribution in [3.8, 4) is 0 Å². The van der Waals surface area contributed by atoms with E-state index in [1.54, 1.807) is 0 Å². The molecule has 0 atom stereocenters. The maximum Gasteiger partial charge on any atom is 0.0319 e. The van der Waals surface area contributed by atoms with E-state index in [2.05, 4.69) is 0 Å². The fourth-order valence-electron chi connectivity index (χ4n) is 0. The van der Waals surface area contributed by atoms with E-state index < -0.39 is 0 Å². The van der Waals surface area contributed by atoms with E-state index in [-0.39, 0.29) is 27.3 Å². The van der Waals surface area contributed by atoms with E-state index in [0.29, 0.717) is 0 Å². The topological polar surface area (TPSA) is 40.5 Å². The van der Waals surface area contributed by atoms with Crippen LogP contribution in [0.25, 0.3) is 0 Å². The molecule has 0 aliphatic rings. The predicted molar refractivity (Wildman–Crippen MR) is 16.3 cm³/mol. The van der Waals surface area contributed by atoms with E-state index in [1.165, 1.54) is 0 Å². The quantitative estimate of drug-likeness (QED) is 0.475. The van der Waals surface area contributed by atoms with Gasteiger partial charge in [-0.05, 0) is 0 Å². The maximum atomic E-state index is 7.00. The summed E-state index contributed by atoms with van der Waals surface area (Å²) < 4.78 is 0. The molecule has 0 aliphatic carbocycles. The van der Waals surface area contributed by atoms with Gasteiger partial charge >= 0.3 is 0 Å². The van der Waals surface area contributed by atoms with Crippen molar-refractivity contribution in [2.24, 2.45) is 0 Å². The summed E-state index contributed by atoms with van der Waals surface area (Å²) >= 11 is 0. The molecule has 5 heavy (non-hydrogen) atoms. The molecule has 0 rings (SSSR count). The summed E-state index contributed by atoms with van der Waals surface area (Å²) in [4.78, 5) is 0. The molecule has 0 aromatic heterocycles. The molecule has 0 saturated heterocycles. The number of rotatable bonds is 0. The van der Waals surface area contributed by atoms with Crippen LogP contribution >= 0.6 is 0 Å². The molecule has 0 aliphatic heterocycles. The molecule has 0 saturated carbocycles. The van der Waals surface area contributed by atoms with E-state index >= 15 is 0 Å². The van der Waals surface area contributed by atoms with Crippen molar-refractivity contribution in [3.63, 3.8) is 0 Å². The van der Waals surface area contributed by atoms with Gasteiger partial charge in [-0.25, -0.2) is 0 Å². The Morgan fingerprint density at radius 3 is 0.800 bits per heavy atom. The summed E-state index contributed by atoms with van der Waals surface area (Å²) in [7, 11) is 2.00. The van der Waals surface area contributed by atoms with Gasteiger partial charge in [-0.2, -0.15) is 0 Å². The van der Waals surface area contributed by atoms with E-state index in [1.807, 2.05) is 0 Å². The van der Waals surface area contributed by atoms with Gasteiger partial charge in [0.25, 0.3) is 0 Å². The second kappa shape index (κ2) is 101. The zero-order chi connectivity index (χ0) is 4.00. The smallest absolute Gasteiger partial charge is 0.0319 e. The van der Waals surface area contributed by atoms with Crippen molar-refractivity contribution >= 4 is 0 Å². The molecule has 2 N–H and O–H groups in total. The van der Waals surface area contributed by atoms with Gasteiger partial charge in [0.05, 0.1) is 0 Å². The molecule has 30 valence electrons. The zero-order valence-corrected chi connectivity index (χ0v) is 7.64. The first-order valence-electron chi connectivity index (χ1n) is 0.894. The Bertz CT molecular complexity index is 7.61. The fourth-order valence-corrected chi connectivity index (χ4v) is 0. The Kier molecular flexibility index (Phi) is 342. The minimum atomic E-state index is 0. The molecule has 0 unspecified atom stereocenters. The zero-order valence-electron chi connectivity index (χ0n) is 3.60. The molecule has 0 bridgehead atoms. The van der Waals surface area contributed by atoms with Gasteiger partial charge in [0.2, 0.25) is 0 Å². The Labute approximate surface area is 52.0 Å². The van der Waals surface area contributed by atoms with Crippen LogP contribution in [0.15, 0.2) is 0 Å². The summed E-state index contributed by atoms with van der Waals surface area (Å²) in [6.45, 7) is 0. The van der Waals surface area contributed by atoms with Crippen molar-refractivity contribution in [3.05, 3.63) is 0 Å². The molecular formula is C2H8CdO2. The Hall–Kier alpha value is 0.842. The van der Waals surface area contributed by atoms with Crippen molar-refractivity contribution in [2.45, 2.75) is 0 Å². The number of hydrogen-bond acceptors (Lipinski definition) is 2. The monoisotopic (exact) mass is 178 g/mol. The minimum Gasteiger partial charge on any atom is -0.400 e. The van der Waals surface area contributed by atoms with Gasteiger partial charge in [-0.3, -0.25) is 0 Å². The third kappa shape index (κ3) is 55.2. The van der Waals surface area contributed by atoms with Crippen LogP contribution in [0.4, 0.5) is 0 Å². The normalized spacial score (nSPS) is 2.40.